The molecule has 3 aliphatic heterocycles. The first kappa shape index (κ1) is 24.3. The molecule has 0 atom stereocenters. The van der Waals surface area contributed by atoms with Gasteiger partial charge in [-0.25, -0.2) is 13.2 Å². The van der Waals surface area contributed by atoms with E-state index in [2.05, 4.69) is 5.32 Å². The molecule has 1 aromatic carbocycles. The summed E-state index contributed by atoms with van der Waals surface area (Å²) in [6, 6.07) is 4.16. The van der Waals surface area contributed by atoms with Crippen molar-refractivity contribution in [3.05, 3.63) is 18.2 Å². The highest BCUT2D eigenvalue weighted by molar-refractivity contribution is 7.89. The normalized spacial score (nSPS) is 20.8. The molecular formula is C22H30N4O7S. The van der Waals surface area contributed by atoms with E-state index in [1.54, 1.807) is 24.8 Å². The predicted octanol–water partition coefficient (Wildman–Crippen LogP) is 0.791. The van der Waals surface area contributed by atoms with E-state index in [9.17, 15) is 22.8 Å². The third-order valence-corrected chi connectivity index (χ3v) is 8.06. The number of piperazine rings is 1. The second-order valence-corrected chi connectivity index (χ2v) is 11.0. The molecule has 2 saturated heterocycles. The molecule has 3 aliphatic rings. The fraction of sp³-hybridized carbons (Fsp3) is 0.591. The monoisotopic (exact) mass is 494 g/mol. The minimum absolute atomic E-state index is 0.126. The van der Waals surface area contributed by atoms with Gasteiger partial charge in [-0.3, -0.25) is 14.5 Å². The molecule has 0 spiro atoms. The van der Waals surface area contributed by atoms with Gasteiger partial charge in [-0.05, 0) is 32.4 Å². The second kappa shape index (κ2) is 9.41. The highest BCUT2D eigenvalue weighted by atomic mass is 32.2. The number of amides is 4. The third kappa shape index (κ3) is 4.83. The van der Waals surface area contributed by atoms with Crippen molar-refractivity contribution < 1.29 is 32.3 Å². The highest BCUT2D eigenvalue weighted by Crippen LogP contribution is 2.33. The lowest BCUT2D eigenvalue weighted by molar-refractivity contribution is -0.133. The van der Waals surface area contributed by atoms with Crippen molar-refractivity contribution in [1.29, 1.82) is 0 Å². The lowest BCUT2D eigenvalue weighted by Crippen LogP contribution is -2.50. The summed E-state index contributed by atoms with van der Waals surface area (Å²) in [4.78, 5) is 39.7. The average molecular weight is 495 g/mol. The minimum atomic E-state index is -3.74. The fourth-order valence-electron chi connectivity index (χ4n) is 4.20. The second-order valence-electron chi connectivity index (χ2n) is 9.06. The van der Waals surface area contributed by atoms with Crippen molar-refractivity contribution in [2.75, 3.05) is 45.9 Å². The zero-order valence-electron chi connectivity index (χ0n) is 19.4. The molecule has 3 heterocycles. The van der Waals surface area contributed by atoms with Crippen molar-refractivity contribution in [2.45, 2.75) is 43.5 Å². The number of fused-ring (bicyclic) bond motifs is 1. The van der Waals surface area contributed by atoms with Crippen molar-refractivity contribution in [3.8, 4) is 11.5 Å². The number of imide groups is 1. The summed E-state index contributed by atoms with van der Waals surface area (Å²) in [5.41, 5.74) is -0.931. The van der Waals surface area contributed by atoms with E-state index < -0.39 is 21.6 Å². The number of benzene rings is 1. The molecule has 12 heteroatoms. The molecule has 0 aromatic heterocycles. The minimum Gasteiger partial charge on any atom is -0.490 e. The van der Waals surface area contributed by atoms with Gasteiger partial charge in [0.2, 0.25) is 15.9 Å². The van der Waals surface area contributed by atoms with Gasteiger partial charge in [0.05, 0.1) is 18.1 Å². The van der Waals surface area contributed by atoms with E-state index in [-0.39, 0.29) is 55.9 Å². The molecule has 0 saturated carbocycles. The number of urea groups is 1. The van der Waals surface area contributed by atoms with Gasteiger partial charge in [-0.2, -0.15) is 4.31 Å². The van der Waals surface area contributed by atoms with Gasteiger partial charge in [-0.15, -0.1) is 0 Å². The Hall–Kier alpha value is -2.86. The number of nitrogens with one attached hydrogen (secondary N) is 1. The Morgan fingerprint density at radius 2 is 1.74 bits per heavy atom. The number of hydrogen-bond donors (Lipinski definition) is 1. The van der Waals surface area contributed by atoms with E-state index >= 15 is 0 Å². The zero-order chi connectivity index (χ0) is 24.5. The fourth-order valence-corrected chi connectivity index (χ4v) is 5.64. The van der Waals surface area contributed by atoms with Crippen LogP contribution in [-0.2, 0) is 19.6 Å². The standard InChI is InChI=1S/C22H30N4O7S/c1-22(2)20(28)26(21(29)23-22)8-3-5-19(27)24-9-11-25(12-10-24)34(30,31)16-6-7-17-18(15-16)33-14-4-13-32-17/h6-7,15H,3-5,8-14H2,1-2H3,(H,23,29). The molecule has 0 unspecified atom stereocenters. The van der Waals surface area contributed by atoms with Gasteiger partial charge < -0.3 is 19.7 Å². The first-order valence-corrected chi connectivity index (χ1v) is 12.9. The molecule has 11 nitrogen and oxygen atoms in total. The van der Waals surface area contributed by atoms with Crippen LogP contribution in [-0.4, -0.2) is 91.8 Å². The van der Waals surface area contributed by atoms with Crippen LogP contribution in [0.15, 0.2) is 23.1 Å². The molecule has 1 N–H and O–H groups in total. The summed E-state index contributed by atoms with van der Waals surface area (Å²) in [7, 11) is -3.74. The number of hydrogen-bond acceptors (Lipinski definition) is 7. The summed E-state index contributed by atoms with van der Waals surface area (Å²) in [6.45, 7) is 5.35. The Labute approximate surface area is 199 Å². The average Bonchev–Trinajstić information content (AvgIpc) is 2.97. The van der Waals surface area contributed by atoms with Crippen LogP contribution < -0.4 is 14.8 Å². The van der Waals surface area contributed by atoms with Gasteiger partial charge in [0.1, 0.15) is 5.54 Å². The van der Waals surface area contributed by atoms with Crippen molar-refractivity contribution in [2.24, 2.45) is 0 Å². The number of sulfonamides is 1. The lowest BCUT2D eigenvalue weighted by atomic mass is 10.1. The maximum Gasteiger partial charge on any atom is 0.325 e. The summed E-state index contributed by atoms with van der Waals surface area (Å²) < 4.78 is 38.8. The van der Waals surface area contributed by atoms with Gasteiger partial charge in [-0.1, -0.05) is 0 Å². The van der Waals surface area contributed by atoms with Gasteiger partial charge in [0.25, 0.3) is 5.91 Å². The molecule has 4 rings (SSSR count). The maximum absolute atomic E-state index is 13.1. The first-order valence-electron chi connectivity index (χ1n) is 11.4. The van der Waals surface area contributed by atoms with E-state index in [1.165, 1.54) is 16.4 Å². The number of carbonyl (C=O) groups excluding carboxylic acids is 3. The molecular weight excluding hydrogens is 464 g/mol. The number of nitrogens with zero attached hydrogens (tertiary/aromatic N) is 3. The third-order valence-electron chi connectivity index (χ3n) is 6.16. The Morgan fingerprint density at radius 1 is 1.06 bits per heavy atom. The maximum atomic E-state index is 13.1. The van der Waals surface area contributed by atoms with Crippen molar-refractivity contribution in [3.63, 3.8) is 0 Å². The summed E-state index contributed by atoms with van der Waals surface area (Å²) >= 11 is 0. The van der Waals surface area contributed by atoms with Crippen LogP contribution in [0, 0.1) is 0 Å². The topological polar surface area (TPSA) is 126 Å². The quantitative estimate of drug-likeness (QED) is 0.580. The van der Waals surface area contributed by atoms with Crippen LogP contribution in [0.25, 0.3) is 0 Å². The number of carbonyl (C=O) groups is 3. The number of ether oxygens (including phenoxy) is 2. The molecule has 0 bridgehead atoms. The van der Waals surface area contributed by atoms with E-state index in [0.717, 1.165) is 11.3 Å². The van der Waals surface area contributed by atoms with Crippen LogP contribution in [0.1, 0.15) is 33.1 Å². The van der Waals surface area contributed by atoms with Gasteiger partial charge in [0, 0.05) is 51.6 Å². The van der Waals surface area contributed by atoms with Crippen LogP contribution in [0.2, 0.25) is 0 Å². The highest BCUT2D eigenvalue weighted by Gasteiger charge is 2.43. The van der Waals surface area contributed by atoms with E-state index in [1.807, 2.05) is 0 Å². The van der Waals surface area contributed by atoms with Crippen LogP contribution in [0.4, 0.5) is 4.79 Å². The molecule has 34 heavy (non-hydrogen) atoms. The summed E-state index contributed by atoms with van der Waals surface area (Å²) in [6.07, 6.45) is 1.25. The van der Waals surface area contributed by atoms with Crippen molar-refractivity contribution in [1.82, 2.24) is 19.4 Å². The zero-order valence-corrected chi connectivity index (χ0v) is 20.2. The molecule has 186 valence electrons. The van der Waals surface area contributed by atoms with Crippen LogP contribution >= 0.6 is 0 Å². The Morgan fingerprint density at radius 3 is 2.38 bits per heavy atom. The van der Waals surface area contributed by atoms with Gasteiger partial charge >= 0.3 is 6.03 Å². The van der Waals surface area contributed by atoms with Crippen molar-refractivity contribution >= 4 is 27.9 Å². The summed E-state index contributed by atoms with van der Waals surface area (Å²) in [5, 5.41) is 2.61. The predicted molar refractivity (Wildman–Crippen MR) is 121 cm³/mol. The molecule has 0 aliphatic carbocycles. The molecule has 4 amide bonds. The lowest BCUT2D eigenvalue weighted by Gasteiger charge is -2.34. The van der Waals surface area contributed by atoms with Crippen LogP contribution in [0.3, 0.4) is 0 Å². The number of rotatable bonds is 6. The summed E-state index contributed by atoms with van der Waals surface area (Å²) in [5.74, 6) is 0.516. The van der Waals surface area contributed by atoms with Crippen LogP contribution in [0.5, 0.6) is 11.5 Å². The van der Waals surface area contributed by atoms with E-state index in [4.69, 9.17) is 9.47 Å². The largest absolute Gasteiger partial charge is 0.490 e. The van der Waals surface area contributed by atoms with E-state index in [0.29, 0.717) is 31.1 Å². The molecule has 2 fully saturated rings. The Bertz CT molecular complexity index is 1080. The smallest absolute Gasteiger partial charge is 0.325 e. The SMILES string of the molecule is CC1(C)NC(=O)N(CCCC(=O)N2CCN(S(=O)(=O)c3ccc4c(c3)OCCCO4)CC2)C1=O. The molecule has 0 radical (unpaired) electrons. The first-order chi connectivity index (χ1) is 16.1. The molecule has 1 aromatic rings. The van der Waals surface area contributed by atoms with Gasteiger partial charge in [0.15, 0.2) is 11.5 Å². The Balaban J connectivity index is 1.29. The Kier molecular flexibility index (Phi) is 6.72.